The Balaban J connectivity index is 1.91. The number of hydrogen-bond acceptors (Lipinski definition) is 2. The van der Waals surface area contributed by atoms with Crippen LogP contribution in [0.3, 0.4) is 0 Å². The first-order chi connectivity index (χ1) is 11.7. The van der Waals surface area contributed by atoms with Gasteiger partial charge in [0.25, 0.3) is 5.91 Å². The van der Waals surface area contributed by atoms with Gasteiger partial charge in [-0.05, 0) is 43.9 Å². The second-order valence-corrected chi connectivity index (χ2v) is 7.58. The Morgan fingerprint density at radius 2 is 1.54 bits per heavy atom. The fraction of sp³-hybridized carbons (Fsp3) is 0.650. The lowest BCUT2D eigenvalue weighted by molar-refractivity contribution is 0.0445. The van der Waals surface area contributed by atoms with Crippen LogP contribution in [0, 0.1) is 0 Å². The molecule has 1 aromatic rings. The minimum absolute atomic E-state index is 0.105. The van der Waals surface area contributed by atoms with Crippen LogP contribution >= 0.6 is 11.6 Å². The predicted molar refractivity (Wildman–Crippen MR) is 97.9 cm³/mol. The first-order valence-electron chi connectivity index (χ1n) is 9.37. The smallest absolute Gasteiger partial charge is 0.258 e. The highest BCUT2D eigenvalue weighted by molar-refractivity contribution is 6.31. The molecule has 0 saturated heterocycles. The SMILES string of the molecule is COc1ccc(Cl)cc1C(=O)N(C1CCCCC1)C1CCCCC1. The van der Waals surface area contributed by atoms with Gasteiger partial charge in [0, 0.05) is 17.1 Å². The maximum absolute atomic E-state index is 13.5. The fourth-order valence-corrected chi connectivity index (χ4v) is 4.51. The Kier molecular flexibility index (Phi) is 6.04. The topological polar surface area (TPSA) is 29.5 Å². The molecule has 24 heavy (non-hydrogen) atoms. The largest absolute Gasteiger partial charge is 0.496 e. The van der Waals surface area contributed by atoms with E-state index in [4.69, 9.17) is 16.3 Å². The number of ether oxygens (including phenoxy) is 1. The van der Waals surface area contributed by atoms with Gasteiger partial charge >= 0.3 is 0 Å². The van der Waals surface area contributed by atoms with Crippen LogP contribution in [0.5, 0.6) is 5.75 Å². The zero-order valence-electron chi connectivity index (χ0n) is 14.6. The molecule has 0 atom stereocenters. The van der Waals surface area contributed by atoms with Crippen LogP contribution < -0.4 is 4.74 Å². The van der Waals surface area contributed by atoms with Crippen LogP contribution in [-0.2, 0) is 0 Å². The van der Waals surface area contributed by atoms with Crippen LogP contribution in [0.15, 0.2) is 18.2 Å². The molecule has 2 aliphatic carbocycles. The molecule has 0 radical (unpaired) electrons. The number of methoxy groups -OCH3 is 1. The van der Waals surface area contributed by atoms with Crippen molar-refractivity contribution in [2.75, 3.05) is 7.11 Å². The van der Waals surface area contributed by atoms with Crippen molar-refractivity contribution in [3.63, 3.8) is 0 Å². The molecule has 2 aliphatic rings. The summed E-state index contributed by atoms with van der Waals surface area (Å²) in [6.45, 7) is 0. The highest BCUT2D eigenvalue weighted by atomic mass is 35.5. The van der Waals surface area contributed by atoms with E-state index in [1.807, 2.05) is 0 Å². The second-order valence-electron chi connectivity index (χ2n) is 7.14. The van der Waals surface area contributed by atoms with Gasteiger partial charge in [-0.15, -0.1) is 0 Å². The van der Waals surface area contributed by atoms with Gasteiger partial charge < -0.3 is 9.64 Å². The summed E-state index contributed by atoms with van der Waals surface area (Å²) in [5.74, 6) is 0.731. The molecule has 0 bridgehead atoms. The molecule has 0 spiro atoms. The van der Waals surface area contributed by atoms with Gasteiger partial charge in [-0.25, -0.2) is 0 Å². The molecular formula is C20H28ClNO2. The minimum Gasteiger partial charge on any atom is -0.496 e. The maximum atomic E-state index is 13.5. The average Bonchev–Trinajstić information content (AvgIpc) is 2.63. The number of carbonyl (C=O) groups is 1. The average molecular weight is 350 g/mol. The van der Waals surface area contributed by atoms with E-state index in [0.717, 1.165) is 25.7 Å². The van der Waals surface area contributed by atoms with Gasteiger partial charge in [-0.3, -0.25) is 4.79 Å². The van der Waals surface area contributed by atoms with E-state index < -0.39 is 0 Å². The highest BCUT2D eigenvalue weighted by Gasteiger charge is 2.34. The van der Waals surface area contributed by atoms with Gasteiger partial charge in [-0.2, -0.15) is 0 Å². The van der Waals surface area contributed by atoms with Crippen molar-refractivity contribution in [1.29, 1.82) is 0 Å². The quantitative estimate of drug-likeness (QED) is 0.722. The van der Waals surface area contributed by atoms with Crippen molar-refractivity contribution in [2.45, 2.75) is 76.3 Å². The maximum Gasteiger partial charge on any atom is 0.258 e. The fourth-order valence-electron chi connectivity index (χ4n) is 4.33. The number of nitrogens with zero attached hydrogens (tertiary/aromatic N) is 1. The van der Waals surface area contributed by atoms with E-state index in [0.29, 0.717) is 28.4 Å². The number of rotatable bonds is 4. The summed E-state index contributed by atoms with van der Waals surface area (Å²) in [6, 6.07) is 6.09. The summed E-state index contributed by atoms with van der Waals surface area (Å²) in [5.41, 5.74) is 0.612. The van der Waals surface area contributed by atoms with Crippen molar-refractivity contribution < 1.29 is 9.53 Å². The van der Waals surface area contributed by atoms with E-state index in [1.165, 1.54) is 38.5 Å². The molecule has 1 amide bonds. The standard InChI is InChI=1S/C20H28ClNO2/c1-24-19-13-12-15(21)14-18(19)20(23)22(16-8-4-2-5-9-16)17-10-6-3-7-11-17/h12-14,16-17H,2-11H2,1H3. The molecule has 4 heteroatoms. The van der Waals surface area contributed by atoms with Crippen molar-refractivity contribution in [1.82, 2.24) is 4.90 Å². The van der Waals surface area contributed by atoms with Gasteiger partial charge in [0.15, 0.2) is 0 Å². The second kappa shape index (κ2) is 8.24. The van der Waals surface area contributed by atoms with E-state index in [1.54, 1.807) is 25.3 Å². The van der Waals surface area contributed by atoms with Crippen LogP contribution in [0.4, 0.5) is 0 Å². The molecule has 0 unspecified atom stereocenters. The van der Waals surface area contributed by atoms with Crippen molar-refractivity contribution in [3.8, 4) is 5.75 Å². The predicted octanol–water partition coefficient (Wildman–Crippen LogP) is 5.46. The number of carbonyl (C=O) groups excluding carboxylic acids is 1. The van der Waals surface area contributed by atoms with Gasteiger partial charge in [-0.1, -0.05) is 50.1 Å². The molecule has 3 nitrogen and oxygen atoms in total. The lowest BCUT2D eigenvalue weighted by Gasteiger charge is -2.42. The molecule has 0 aromatic heterocycles. The molecule has 3 rings (SSSR count). The van der Waals surface area contributed by atoms with Crippen LogP contribution in [0.2, 0.25) is 5.02 Å². The third kappa shape index (κ3) is 3.88. The monoisotopic (exact) mass is 349 g/mol. The molecule has 132 valence electrons. The first kappa shape index (κ1) is 17.6. The summed E-state index contributed by atoms with van der Waals surface area (Å²) < 4.78 is 5.44. The third-order valence-electron chi connectivity index (χ3n) is 5.56. The molecular weight excluding hydrogens is 322 g/mol. The Hall–Kier alpha value is -1.22. The number of halogens is 1. The van der Waals surface area contributed by atoms with E-state index in [-0.39, 0.29) is 5.91 Å². The summed E-state index contributed by atoms with van der Waals surface area (Å²) >= 11 is 6.17. The van der Waals surface area contributed by atoms with Crippen molar-refractivity contribution in [2.24, 2.45) is 0 Å². The Morgan fingerprint density at radius 3 is 2.04 bits per heavy atom. The van der Waals surface area contributed by atoms with Gasteiger partial charge in [0.1, 0.15) is 5.75 Å². The van der Waals surface area contributed by atoms with E-state index in [2.05, 4.69) is 4.90 Å². The summed E-state index contributed by atoms with van der Waals surface area (Å²) in [5, 5.41) is 0.589. The summed E-state index contributed by atoms with van der Waals surface area (Å²) in [4.78, 5) is 15.7. The van der Waals surface area contributed by atoms with E-state index in [9.17, 15) is 4.79 Å². The normalized spacial score (nSPS) is 19.9. The zero-order valence-corrected chi connectivity index (χ0v) is 15.4. The number of benzene rings is 1. The molecule has 1 aromatic carbocycles. The molecule has 0 aliphatic heterocycles. The molecule has 0 N–H and O–H groups in total. The summed E-state index contributed by atoms with van der Waals surface area (Å²) in [6.07, 6.45) is 12.0. The van der Waals surface area contributed by atoms with Crippen molar-refractivity contribution >= 4 is 17.5 Å². The number of hydrogen-bond donors (Lipinski definition) is 0. The van der Waals surface area contributed by atoms with Gasteiger partial charge in [0.05, 0.1) is 12.7 Å². The Labute approximate surface area is 150 Å². The lowest BCUT2D eigenvalue weighted by Crippen LogP contribution is -2.48. The highest BCUT2D eigenvalue weighted by Crippen LogP contribution is 2.33. The van der Waals surface area contributed by atoms with Gasteiger partial charge in [0.2, 0.25) is 0 Å². The molecule has 2 fully saturated rings. The number of amides is 1. The zero-order chi connectivity index (χ0) is 16.9. The first-order valence-corrected chi connectivity index (χ1v) is 9.74. The third-order valence-corrected chi connectivity index (χ3v) is 5.80. The van der Waals surface area contributed by atoms with Crippen LogP contribution in [0.25, 0.3) is 0 Å². The van der Waals surface area contributed by atoms with E-state index >= 15 is 0 Å². The lowest BCUT2D eigenvalue weighted by atomic mass is 9.88. The van der Waals surface area contributed by atoms with Crippen LogP contribution in [0.1, 0.15) is 74.6 Å². The van der Waals surface area contributed by atoms with Crippen molar-refractivity contribution in [3.05, 3.63) is 28.8 Å². The summed E-state index contributed by atoms with van der Waals surface area (Å²) in [7, 11) is 1.62. The Bertz CT molecular complexity index is 545. The molecule has 2 saturated carbocycles. The van der Waals surface area contributed by atoms with Crippen LogP contribution in [-0.4, -0.2) is 30.0 Å². The minimum atomic E-state index is 0.105. The molecule has 0 heterocycles. The Morgan fingerprint density at radius 1 is 1.00 bits per heavy atom.